The van der Waals surface area contributed by atoms with Crippen molar-refractivity contribution in [2.75, 3.05) is 41.2 Å². The molecule has 0 aromatic rings. The summed E-state index contributed by atoms with van der Waals surface area (Å²) in [5, 5.41) is 103. The Morgan fingerprint density at radius 1 is 0.400 bits per heavy atom. The molecule has 15 fully saturated rings. The van der Waals surface area contributed by atoms with Gasteiger partial charge in [0, 0.05) is 54.8 Å². The van der Waals surface area contributed by atoms with Crippen LogP contribution in [-0.4, -0.2) is 413 Å². The van der Waals surface area contributed by atoms with E-state index in [0.717, 1.165) is 28.3 Å². The van der Waals surface area contributed by atoms with Crippen LogP contribution in [0.5, 0.6) is 0 Å². The van der Waals surface area contributed by atoms with Gasteiger partial charge >= 0.3 is 111 Å². The Balaban J connectivity index is 0. The molecular formula is C90H156BrF8IKNaO48. The van der Waals surface area contributed by atoms with Gasteiger partial charge in [-0.05, 0) is 122 Å². The van der Waals surface area contributed by atoms with Gasteiger partial charge in [0.1, 0.15) is 117 Å². The van der Waals surface area contributed by atoms with Crippen LogP contribution in [0, 0.1) is 5.92 Å². The molecule has 0 saturated carbocycles. The Morgan fingerprint density at radius 2 is 0.733 bits per heavy atom. The zero-order valence-corrected chi connectivity index (χ0v) is 97.8. The molecule has 15 aliphatic rings. The van der Waals surface area contributed by atoms with Gasteiger partial charge in [-0.25, -0.2) is 35.1 Å². The summed E-state index contributed by atoms with van der Waals surface area (Å²) in [6.07, 6.45) is -34.3. The molecule has 60 heteroatoms. The molecule has 15 heterocycles. The monoisotopic (exact) mass is 2420 g/mol. The van der Waals surface area contributed by atoms with Crippen LogP contribution in [0.2, 0.25) is 0 Å². The first-order valence-electron chi connectivity index (χ1n) is 47.0. The van der Waals surface area contributed by atoms with Crippen LogP contribution in [0.1, 0.15) is 212 Å². The van der Waals surface area contributed by atoms with Gasteiger partial charge in [-0.15, -0.1) is 0 Å². The number of fused-ring (bicyclic) bond motifs is 4. The van der Waals surface area contributed by atoms with Crippen LogP contribution in [0.3, 0.4) is 0 Å². The average Bonchev–Trinajstić information content (AvgIpc) is 1.59. The second-order valence-corrected chi connectivity index (χ2v) is 39.9. The van der Waals surface area contributed by atoms with Crippen molar-refractivity contribution in [2.45, 2.75) is 492 Å². The number of carbonyl (C=O) groups excluding carboxylic acids is 6. The number of hydrogen-bond acceptors (Lipinski definition) is 48. The third-order valence-corrected chi connectivity index (χ3v) is 23.4. The molecule has 150 heavy (non-hydrogen) atoms. The third kappa shape index (κ3) is 47.0. The van der Waals surface area contributed by atoms with E-state index in [-0.39, 0.29) is 131 Å². The van der Waals surface area contributed by atoms with E-state index in [1.54, 1.807) is 90.0 Å². The predicted molar refractivity (Wildman–Crippen MR) is 476 cm³/mol. The zero-order chi connectivity index (χ0) is 114. The summed E-state index contributed by atoms with van der Waals surface area (Å²) in [6, 6.07) is 0. The Morgan fingerprint density at radius 3 is 1.04 bits per heavy atom. The summed E-state index contributed by atoms with van der Waals surface area (Å²) in [7, 11) is 2.75. The summed E-state index contributed by atoms with van der Waals surface area (Å²) >= 11 is -2.91. The minimum atomic E-state index is -5.94. The van der Waals surface area contributed by atoms with E-state index in [2.05, 4.69) is 46.5 Å². The van der Waals surface area contributed by atoms with E-state index in [9.17, 15) is 79.2 Å². The van der Waals surface area contributed by atoms with Crippen molar-refractivity contribution in [1.29, 1.82) is 0 Å². The number of aliphatic hydroxyl groups excluding tert-OH is 11. The molecule has 15 saturated heterocycles. The Bertz CT molecular complexity index is 3680. The van der Waals surface area contributed by atoms with Crippen molar-refractivity contribution >= 4 is 52.2 Å². The Labute approximate surface area is 946 Å². The number of ether oxygens (including phenoxy) is 26. The quantitative estimate of drug-likeness (QED) is 0.00941. The van der Waals surface area contributed by atoms with Crippen LogP contribution in [-0.2, 0) is 152 Å². The van der Waals surface area contributed by atoms with Crippen molar-refractivity contribution in [1.82, 2.24) is 0 Å². The summed E-state index contributed by atoms with van der Waals surface area (Å²) in [5.41, 5.74) is 0. The Kier molecular flexibility index (Phi) is 69.4. The van der Waals surface area contributed by atoms with E-state index >= 15 is 0 Å². The van der Waals surface area contributed by atoms with Gasteiger partial charge in [-0.2, -0.15) is 7.11 Å². The molecule has 0 spiro atoms. The van der Waals surface area contributed by atoms with Crippen molar-refractivity contribution in [2.24, 2.45) is 5.92 Å². The minimum absolute atomic E-state index is 0. The molecule has 0 aromatic carbocycles. The molecule has 15 aliphatic heterocycles. The largest absolute Gasteiger partial charge is 1.00 e. The number of halogens is 10. The normalized spacial score (nSPS) is 38.9. The van der Waals surface area contributed by atoms with E-state index in [0.29, 0.717) is 51.7 Å². The third-order valence-electron chi connectivity index (χ3n) is 22.7. The summed E-state index contributed by atoms with van der Waals surface area (Å²) in [6.45, 7) is 40.7. The fraction of sp³-hybridized carbons (Fsp3) is 0.933. The predicted octanol–water partition coefficient (Wildman–Crippen LogP) is -9.57. The number of rotatable bonds is 17. The van der Waals surface area contributed by atoms with Gasteiger partial charge in [0.25, 0.3) is 6.47 Å². The minimum Gasteiger partial charge on any atom is -0.857 e. The standard InChI is InChI=1S/C13H22O5.C12H19FO5.C10H15FO5.C10H17FO4.C9H15FO5.C8H12BrFO3.C7H11FO4.C7H13FO4.C6H11FO3.C4H6O3.2CH4O.CH3O.CH4.IO4.K.Na/c1-7-9(8-6-14-12(2,3)16-8)15-11-10(7)17-13(4,5)18-11;1-11(2)14-5-6(16-11)8-7(13)9-10(15-8)18-12(3,4)17-9;1-4-7-9(14-5(2)12)8(11)10(16-7)15-6(3)13;1-4-5(12)7-6(11)8-9(13-7)15-10(2,3)14-8;1-9(2)14-7-5(10)6(4(12)3-11)13-8(7)15-9;1-3-5-7(12-4(2)11)6(10)8(9)13-5;1-2-4-6(11-3-9)5(8)7(10)12-4;1-2-3(9)6-4(8)5(10)7(11)12-6;1-2-3-5(8)4(7)6(9)10-3;1-3(5)7-4(2)6;3*1-2;;2-1(3,4)5;;/h7-11H,6H2,1-5H3;6-10H,5H2,1-4H3;7-10H,4H2,1-3H3;5-9,12H,4H2,1-3H3;4-8,11-12H,3H2,1-2H3;5-8H,3H2,1-2H3;3-7,10H,2H2,1H3;3-7,9-11H,2H2,1H3;3-6,8-9H,2H2,1H3;1-2H3;2*2H,1H3;1H3;1H4;;;/q;;;;;;;;;;;;-1;;-1;2*+1/t7-,8?,9-,10?,11+;6?,7-,8-,9?,10-;7-,8?,9+,10?;5?,6-,7-,8?,9-;4?,5-,6-,7?,8-;5-,6?,7+,8?;4-,5?,6+,7?;3?,4-,5?,6+,7?;3-,4?,5+,6?;;;;;;;;/m011111101......../s1. The second kappa shape index (κ2) is 69.1. The molecule has 0 aromatic heterocycles. The van der Waals surface area contributed by atoms with Gasteiger partial charge < -0.3 is 184 Å². The molecular weight excluding hydrogens is 2270 g/mol. The number of carbonyl (C=O) groups is 6. The molecule has 48 nitrogen and oxygen atoms in total. The number of hydrogen-bond donors (Lipinski definition) is 11. The van der Waals surface area contributed by atoms with Crippen molar-refractivity contribution in [3.05, 3.63) is 0 Å². The van der Waals surface area contributed by atoms with Gasteiger partial charge in [-0.3, -0.25) is 42.5 Å². The zero-order valence-electron chi connectivity index (χ0n) is 88.9. The van der Waals surface area contributed by atoms with Crippen molar-refractivity contribution < 1.29 is 363 Å². The van der Waals surface area contributed by atoms with Crippen molar-refractivity contribution in [3.63, 3.8) is 0 Å². The van der Waals surface area contributed by atoms with Crippen LogP contribution in [0.25, 0.3) is 0 Å². The molecule has 41 atom stereocenters. The first kappa shape index (κ1) is 151. The number of esters is 5. The Hall–Kier alpha value is -1.17. The fourth-order valence-corrected chi connectivity index (χ4v) is 16.8. The second-order valence-electron chi connectivity index (χ2n) is 36.8. The van der Waals surface area contributed by atoms with Crippen LogP contribution in [0.15, 0.2) is 0 Å². The maximum absolute atomic E-state index is 14.3. The van der Waals surface area contributed by atoms with Crippen LogP contribution in [0.4, 0.5) is 35.1 Å². The molecule has 15 rings (SSSR count). The first-order chi connectivity index (χ1) is 68.0. The molecule has 19 unspecified atom stereocenters. The van der Waals surface area contributed by atoms with Gasteiger partial charge in [0.05, 0.1) is 50.3 Å². The van der Waals surface area contributed by atoms with E-state index in [1.165, 1.54) is 27.7 Å². The average molecular weight is 2430 g/mol. The molecule has 11 N–H and O–H groups in total. The molecule has 876 valence electrons. The smallest absolute Gasteiger partial charge is 0.857 e. The maximum atomic E-state index is 14.3. The van der Waals surface area contributed by atoms with Gasteiger partial charge in [-0.1, -0.05) is 71.8 Å². The number of aliphatic hydroxyl groups is 11. The summed E-state index contributed by atoms with van der Waals surface area (Å²) < 4.78 is 277. The van der Waals surface area contributed by atoms with E-state index in [4.69, 9.17) is 159 Å². The topological polar surface area (TPSA) is 680 Å². The van der Waals surface area contributed by atoms with Crippen molar-refractivity contribution in [3.8, 4) is 0 Å². The number of alkyl halides is 9. The molecule has 0 bridgehead atoms. The fourth-order valence-electron chi connectivity index (χ4n) is 16.2. The SMILES string of the molecule is C.CC(=O)OC(C)=O.CC1(C)OC2[C@H](O[C@H](C(O)CO)[C@H]2F)O1.CC1(C)OCC([C@H]2O[C@@H]3OC(C)(C)OC3[C@@H]2F)O1.CCC(O)[C@H]1OC(O)C(O)[C@@H]1F.CCC(O)[C@H]1O[C@@H]2OC(C)(C)OC2[C@@H]1F.CC[C@H]1OC(Br)C(F)[C@H]1OC(C)=O.CC[C@H]1OC(O)C(F)[C@H]1O.CC[C@H]1OC(O)C(F)[C@H]1OC=O.CC[C@H]1OC(OC(C)=O)C(F)[C@H]1OC(C)=O.CO.CO.C[C@@H]1C2OC(C)(C)O[C@H]2O[C@@H]1C1COC(C)(C)O1.C[O-].[K+].[Na+].[O-][I+3]([O-])([O-])[O-]. The van der Waals surface area contributed by atoms with Crippen LogP contribution < -0.4 is 120 Å². The van der Waals surface area contributed by atoms with Gasteiger partial charge in [0.15, 0.2) is 140 Å². The maximum Gasteiger partial charge on any atom is 1.00 e. The molecule has 0 amide bonds. The summed E-state index contributed by atoms with van der Waals surface area (Å²) in [4.78, 5) is 61.7. The summed E-state index contributed by atoms with van der Waals surface area (Å²) in [5.74, 6) is -6.81. The molecule has 0 radical (unpaired) electrons. The van der Waals surface area contributed by atoms with Crippen LogP contribution >= 0.6 is 15.9 Å². The molecule has 0 aliphatic carbocycles. The van der Waals surface area contributed by atoms with E-state index < -0.39 is 306 Å². The van der Waals surface area contributed by atoms with Gasteiger partial charge in [0.2, 0.25) is 12.5 Å². The first-order valence-corrected chi connectivity index (χ1v) is 51.4. The van der Waals surface area contributed by atoms with E-state index in [1.807, 2.05) is 34.6 Å².